The molecule has 2 rings (SSSR count). The zero-order valence-corrected chi connectivity index (χ0v) is 9.52. The second-order valence-electron chi connectivity index (χ2n) is 3.69. The molecule has 0 saturated heterocycles. The van der Waals surface area contributed by atoms with Crippen LogP contribution in [0.5, 0.6) is 0 Å². The van der Waals surface area contributed by atoms with Crippen LogP contribution >= 0.6 is 0 Å². The number of nitrogens with one attached hydrogen (secondary N) is 1. The van der Waals surface area contributed by atoms with Crippen molar-refractivity contribution in [3.8, 4) is 0 Å². The number of aromatic nitrogens is 1. The van der Waals surface area contributed by atoms with Crippen molar-refractivity contribution in [1.29, 1.82) is 0 Å². The molecule has 1 heterocycles. The molecule has 0 fully saturated rings. The third kappa shape index (κ3) is 2.59. The van der Waals surface area contributed by atoms with Gasteiger partial charge in [-0.15, -0.1) is 0 Å². The van der Waals surface area contributed by atoms with Gasteiger partial charge in [-0.25, -0.2) is 18.6 Å². The number of nitrogens with zero attached hydrogens (tertiary/aromatic N) is 1. The molecular weight excluding hydrogens is 256 g/mol. The zero-order chi connectivity index (χ0) is 14.0. The van der Waals surface area contributed by atoms with Gasteiger partial charge in [0, 0.05) is 6.20 Å². The zero-order valence-electron chi connectivity index (χ0n) is 9.52. The topological polar surface area (TPSA) is 88.2 Å². The van der Waals surface area contributed by atoms with Crippen molar-refractivity contribution >= 4 is 23.2 Å². The fourth-order valence-corrected chi connectivity index (χ4v) is 1.44. The minimum atomic E-state index is -1.19. The van der Waals surface area contributed by atoms with E-state index in [4.69, 9.17) is 10.8 Å². The summed E-state index contributed by atoms with van der Waals surface area (Å²) >= 11 is 0. The van der Waals surface area contributed by atoms with Gasteiger partial charge in [0.1, 0.15) is 17.3 Å². The van der Waals surface area contributed by atoms with E-state index < -0.39 is 23.3 Å². The maximum Gasteiger partial charge on any atom is 0.337 e. The Bertz CT molecular complexity index is 627. The van der Waals surface area contributed by atoms with Gasteiger partial charge >= 0.3 is 5.97 Å². The predicted molar refractivity (Wildman–Crippen MR) is 65.2 cm³/mol. The average Bonchev–Trinajstić information content (AvgIpc) is 2.35. The first-order valence-electron chi connectivity index (χ1n) is 5.19. The van der Waals surface area contributed by atoms with Crippen molar-refractivity contribution in [2.75, 3.05) is 11.1 Å². The van der Waals surface area contributed by atoms with Gasteiger partial charge < -0.3 is 16.2 Å². The van der Waals surface area contributed by atoms with Crippen molar-refractivity contribution < 1.29 is 18.7 Å². The number of carbonyl (C=O) groups is 1. The Morgan fingerprint density at radius 1 is 1.32 bits per heavy atom. The van der Waals surface area contributed by atoms with Crippen LogP contribution in [-0.2, 0) is 0 Å². The van der Waals surface area contributed by atoms with Crippen molar-refractivity contribution in [3.05, 3.63) is 47.7 Å². The molecule has 0 radical (unpaired) electrons. The largest absolute Gasteiger partial charge is 0.478 e. The highest BCUT2D eigenvalue weighted by molar-refractivity contribution is 5.89. The molecule has 0 bridgehead atoms. The van der Waals surface area contributed by atoms with E-state index >= 15 is 0 Å². The molecule has 2 aromatic rings. The number of nitrogens with two attached hydrogens (primary N) is 1. The fraction of sp³-hybridized carbons (Fsp3) is 0. The second-order valence-corrected chi connectivity index (χ2v) is 3.69. The summed E-state index contributed by atoms with van der Waals surface area (Å²) in [5, 5.41) is 11.1. The molecule has 0 amide bonds. The van der Waals surface area contributed by atoms with Crippen LogP contribution in [-0.4, -0.2) is 16.1 Å². The Morgan fingerprint density at radius 2 is 1.95 bits per heavy atom. The lowest BCUT2D eigenvalue weighted by molar-refractivity contribution is 0.0696. The van der Waals surface area contributed by atoms with E-state index in [0.717, 1.165) is 24.4 Å². The first kappa shape index (κ1) is 12.7. The number of anilines is 3. The van der Waals surface area contributed by atoms with Gasteiger partial charge in [-0.2, -0.15) is 0 Å². The standard InChI is InChI=1S/C12H9F2N3O2/c13-7-2-1-3-8(14)10(7)17-11-9(15)4-6(5-16-11)12(18)19/h1-5H,15H2,(H,16,17)(H,18,19). The van der Waals surface area contributed by atoms with E-state index in [1.54, 1.807) is 0 Å². The lowest BCUT2D eigenvalue weighted by Gasteiger charge is -2.10. The third-order valence-electron chi connectivity index (χ3n) is 2.37. The van der Waals surface area contributed by atoms with Gasteiger partial charge in [0.15, 0.2) is 5.82 Å². The van der Waals surface area contributed by atoms with Crippen molar-refractivity contribution in [3.63, 3.8) is 0 Å². The third-order valence-corrected chi connectivity index (χ3v) is 2.37. The van der Waals surface area contributed by atoms with Crippen LogP contribution in [0.15, 0.2) is 30.5 Å². The molecule has 1 aromatic heterocycles. The van der Waals surface area contributed by atoms with Crippen LogP contribution in [0.3, 0.4) is 0 Å². The summed E-state index contributed by atoms with van der Waals surface area (Å²) in [4.78, 5) is 14.4. The monoisotopic (exact) mass is 265 g/mol. The van der Waals surface area contributed by atoms with Gasteiger partial charge in [-0.05, 0) is 18.2 Å². The second kappa shape index (κ2) is 4.89. The number of carboxylic acid groups (broad SMARTS) is 1. The maximum atomic E-state index is 13.4. The molecular formula is C12H9F2N3O2. The molecule has 0 saturated carbocycles. The summed E-state index contributed by atoms with van der Waals surface area (Å²) in [5.74, 6) is -2.82. The highest BCUT2D eigenvalue weighted by Crippen LogP contribution is 2.25. The molecule has 7 heteroatoms. The Kier molecular flexibility index (Phi) is 3.28. The van der Waals surface area contributed by atoms with Crippen LogP contribution in [0.2, 0.25) is 0 Å². The molecule has 0 spiro atoms. The number of carboxylic acids is 1. The maximum absolute atomic E-state index is 13.4. The van der Waals surface area contributed by atoms with Crippen molar-refractivity contribution in [2.24, 2.45) is 0 Å². The van der Waals surface area contributed by atoms with Gasteiger partial charge in [0.05, 0.1) is 11.3 Å². The van der Waals surface area contributed by atoms with Crippen LogP contribution in [0.4, 0.5) is 26.0 Å². The number of rotatable bonds is 3. The molecule has 5 nitrogen and oxygen atoms in total. The molecule has 0 aliphatic carbocycles. The molecule has 0 atom stereocenters. The molecule has 0 aliphatic rings. The Labute approximate surface area is 106 Å². The number of pyridine rings is 1. The Hall–Kier alpha value is -2.70. The first-order valence-corrected chi connectivity index (χ1v) is 5.19. The molecule has 1 aromatic carbocycles. The van der Waals surface area contributed by atoms with E-state index in [9.17, 15) is 13.6 Å². The predicted octanol–water partition coefficient (Wildman–Crippen LogP) is 2.38. The number of para-hydroxylation sites is 1. The van der Waals surface area contributed by atoms with E-state index in [0.29, 0.717) is 0 Å². The average molecular weight is 265 g/mol. The lowest BCUT2D eigenvalue weighted by atomic mass is 10.2. The van der Waals surface area contributed by atoms with Crippen molar-refractivity contribution in [1.82, 2.24) is 4.98 Å². The highest BCUT2D eigenvalue weighted by atomic mass is 19.1. The summed E-state index contributed by atoms with van der Waals surface area (Å²) in [7, 11) is 0. The number of aromatic carboxylic acids is 1. The van der Waals surface area contributed by atoms with Gasteiger partial charge in [-0.3, -0.25) is 0 Å². The van der Waals surface area contributed by atoms with Crippen LogP contribution in [0.1, 0.15) is 10.4 Å². The normalized spacial score (nSPS) is 10.2. The van der Waals surface area contributed by atoms with E-state index in [-0.39, 0.29) is 17.1 Å². The fourth-order valence-electron chi connectivity index (χ4n) is 1.44. The number of hydrogen-bond donors (Lipinski definition) is 3. The highest BCUT2D eigenvalue weighted by Gasteiger charge is 2.12. The number of halogens is 2. The van der Waals surface area contributed by atoms with E-state index in [2.05, 4.69) is 10.3 Å². The van der Waals surface area contributed by atoms with Gasteiger partial charge in [0.2, 0.25) is 0 Å². The Balaban J connectivity index is 2.36. The molecule has 0 aliphatic heterocycles. The minimum absolute atomic E-state index is 0.0194. The summed E-state index contributed by atoms with van der Waals surface area (Å²) in [5.41, 5.74) is 5.04. The van der Waals surface area contributed by atoms with E-state index in [1.807, 2.05) is 0 Å². The lowest BCUT2D eigenvalue weighted by Crippen LogP contribution is -2.05. The molecule has 0 unspecified atom stereocenters. The summed E-state index contributed by atoms with van der Waals surface area (Å²) in [6.07, 6.45) is 1.04. The summed E-state index contributed by atoms with van der Waals surface area (Å²) in [6, 6.07) is 4.52. The van der Waals surface area contributed by atoms with Crippen LogP contribution < -0.4 is 11.1 Å². The first-order chi connectivity index (χ1) is 8.99. The van der Waals surface area contributed by atoms with Gasteiger partial charge in [-0.1, -0.05) is 6.07 Å². The minimum Gasteiger partial charge on any atom is -0.478 e. The SMILES string of the molecule is Nc1cc(C(=O)O)cnc1Nc1c(F)cccc1F. The number of hydrogen-bond acceptors (Lipinski definition) is 4. The number of nitrogen functional groups attached to an aromatic ring is 1. The van der Waals surface area contributed by atoms with Crippen LogP contribution in [0.25, 0.3) is 0 Å². The molecule has 4 N–H and O–H groups in total. The quantitative estimate of drug-likeness (QED) is 0.793. The summed E-state index contributed by atoms with van der Waals surface area (Å²) in [6.45, 7) is 0. The van der Waals surface area contributed by atoms with E-state index in [1.165, 1.54) is 6.07 Å². The Morgan fingerprint density at radius 3 is 2.47 bits per heavy atom. The van der Waals surface area contributed by atoms with Crippen molar-refractivity contribution in [2.45, 2.75) is 0 Å². The molecule has 19 heavy (non-hydrogen) atoms. The summed E-state index contributed by atoms with van der Waals surface area (Å²) < 4.78 is 26.8. The smallest absolute Gasteiger partial charge is 0.337 e. The van der Waals surface area contributed by atoms with Crippen LogP contribution in [0, 0.1) is 11.6 Å². The number of benzene rings is 1. The molecule has 98 valence electrons. The van der Waals surface area contributed by atoms with Gasteiger partial charge in [0.25, 0.3) is 0 Å².